The topological polar surface area (TPSA) is 66.4 Å². The molecule has 1 atom stereocenters. The van der Waals surface area contributed by atoms with Crippen molar-refractivity contribution in [2.45, 2.75) is 38.6 Å². The number of hydrogen-bond acceptors (Lipinski definition) is 3. The summed E-state index contributed by atoms with van der Waals surface area (Å²) in [4.78, 5) is 23.5. The highest BCUT2D eigenvalue weighted by atomic mass is 32.1. The maximum atomic E-state index is 12.0. The molecular weight excluding hydrogens is 238 g/mol. The van der Waals surface area contributed by atoms with Crippen molar-refractivity contribution in [2.24, 2.45) is 0 Å². The fourth-order valence-corrected chi connectivity index (χ4v) is 2.41. The number of carbonyl (C=O) groups is 2. The molecule has 0 aromatic carbocycles. The van der Waals surface area contributed by atoms with Crippen molar-refractivity contribution in [1.29, 1.82) is 0 Å². The summed E-state index contributed by atoms with van der Waals surface area (Å²) in [6.45, 7) is 3.78. The van der Waals surface area contributed by atoms with Crippen LogP contribution in [-0.4, -0.2) is 23.0 Å². The molecule has 1 aromatic rings. The van der Waals surface area contributed by atoms with Crippen molar-refractivity contribution < 1.29 is 14.7 Å². The van der Waals surface area contributed by atoms with Crippen molar-refractivity contribution >= 4 is 23.2 Å². The number of aliphatic carboxylic acids is 1. The van der Waals surface area contributed by atoms with Gasteiger partial charge in [0.05, 0.1) is 5.92 Å². The summed E-state index contributed by atoms with van der Waals surface area (Å²) >= 11 is 1.48. The van der Waals surface area contributed by atoms with Crippen LogP contribution in [0, 0.1) is 0 Å². The Morgan fingerprint density at radius 3 is 2.65 bits per heavy atom. The van der Waals surface area contributed by atoms with Gasteiger partial charge >= 0.3 is 5.97 Å². The second-order valence-electron chi connectivity index (χ2n) is 4.16. The van der Waals surface area contributed by atoms with Crippen LogP contribution in [0.4, 0.5) is 0 Å². The maximum Gasteiger partial charge on any atom is 0.303 e. The Hall–Kier alpha value is -1.36. The van der Waals surface area contributed by atoms with E-state index in [0.717, 1.165) is 4.88 Å². The third-order valence-electron chi connectivity index (χ3n) is 2.28. The molecule has 0 aliphatic heterocycles. The molecule has 1 rings (SSSR count). The maximum absolute atomic E-state index is 12.0. The summed E-state index contributed by atoms with van der Waals surface area (Å²) in [6.07, 6.45) is 0.350. The third kappa shape index (κ3) is 4.56. The molecular formula is C12H17NO3S. The fraction of sp³-hybridized carbons (Fsp3) is 0.500. The molecule has 0 aliphatic carbocycles. The zero-order chi connectivity index (χ0) is 12.8. The van der Waals surface area contributed by atoms with E-state index in [-0.39, 0.29) is 24.3 Å². The van der Waals surface area contributed by atoms with Crippen LogP contribution in [0.3, 0.4) is 0 Å². The number of amides is 1. The molecule has 0 radical (unpaired) electrons. The summed E-state index contributed by atoms with van der Waals surface area (Å²) < 4.78 is 0. The fourth-order valence-electron chi connectivity index (χ4n) is 1.55. The molecule has 4 nitrogen and oxygen atoms in total. The van der Waals surface area contributed by atoms with Crippen molar-refractivity contribution in [3.05, 3.63) is 22.4 Å². The number of hydrogen-bond donors (Lipinski definition) is 2. The Labute approximate surface area is 105 Å². The zero-order valence-corrected chi connectivity index (χ0v) is 10.8. The molecule has 0 bridgehead atoms. The van der Waals surface area contributed by atoms with Gasteiger partial charge in [-0.3, -0.25) is 9.59 Å². The first-order valence-corrected chi connectivity index (χ1v) is 6.44. The molecule has 0 saturated carbocycles. The van der Waals surface area contributed by atoms with Gasteiger partial charge < -0.3 is 10.4 Å². The van der Waals surface area contributed by atoms with Crippen LogP contribution in [0.15, 0.2) is 17.5 Å². The Balaban J connectivity index is 2.72. The molecule has 2 N–H and O–H groups in total. The van der Waals surface area contributed by atoms with Gasteiger partial charge in [-0.05, 0) is 31.7 Å². The zero-order valence-electron chi connectivity index (χ0n) is 9.97. The first-order chi connectivity index (χ1) is 8.00. The summed E-state index contributed by atoms with van der Waals surface area (Å²) in [6, 6.07) is 3.81. The van der Waals surface area contributed by atoms with E-state index in [4.69, 9.17) is 5.11 Å². The highest BCUT2D eigenvalue weighted by Crippen LogP contribution is 2.26. The van der Waals surface area contributed by atoms with E-state index < -0.39 is 5.97 Å². The number of carbonyl (C=O) groups excluding carboxylic acids is 1. The van der Waals surface area contributed by atoms with Crippen molar-refractivity contribution in [3.8, 4) is 0 Å². The monoisotopic (exact) mass is 255 g/mol. The van der Waals surface area contributed by atoms with E-state index in [1.54, 1.807) is 0 Å². The lowest BCUT2D eigenvalue weighted by Gasteiger charge is -2.16. The van der Waals surface area contributed by atoms with E-state index in [9.17, 15) is 9.59 Å². The average molecular weight is 255 g/mol. The van der Waals surface area contributed by atoms with E-state index in [2.05, 4.69) is 5.32 Å². The van der Waals surface area contributed by atoms with E-state index in [1.165, 1.54) is 11.3 Å². The normalized spacial score (nSPS) is 12.4. The number of rotatable bonds is 6. The van der Waals surface area contributed by atoms with Gasteiger partial charge in [0.15, 0.2) is 0 Å². The second kappa shape index (κ2) is 6.39. The van der Waals surface area contributed by atoms with Gasteiger partial charge in [0, 0.05) is 17.3 Å². The van der Waals surface area contributed by atoms with Gasteiger partial charge in [-0.15, -0.1) is 11.3 Å². The molecule has 0 aliphatic rings. The molecule has 0 spiro atoms. The lowest BCUT2D eigenvalue weighted by molar-refractivity contribution is -0.137. The summed E-state index contributed by atoms with van der Waals surface area (Å²) in [5.41, 5.74) is 0. The minimum atomic E-state index is -0.871. The van der Waals surface area contributed by atoms with Crippen molar-refractivity contribution in [2.75, 3.05) is 0 Å². The quantitative estimate of drug-likeness (QED) is 0.819. The lowest BCUT2D eigenvalue weighted by atomic mass is 10.00. The summed E-state index contributed by atoms with van der Waals surface area (Å²) in [7, 11) is 0. The van der Waals surface area contributed by atoms with Gasteiger partial charge in [-0.25, -0.2) is 0 Å². The molecule has 1 unspecified atom stereocenters. The van der Waals surface area contributed by atoms with Gasteiger partial charge in [0.2, 0.25) is 5.91 Å². The van der Waals surface area contributed by atoms with Crippen molar-refractivity contribution in [1.82, 2.24) is 5.32 Å². The number of carboxylic acids is 1. The Bertz CT molecular complexity index is 373. The summed E-state index contributed by atoms with van der Waals surface area (Å²) in [5, 5.41) is 13.4. The SMILES string of the molecule is CC(C)NC(=O)C(CCC(=O)O)c1cccs1. The minimum Gasteiger partial charge on any atom is -0.481 e. The van der Waals surface area contributed by atoms with Crippen molar-refractivity contribution in [3.63, 3.8) is 0 Å². The van der Waals surface area contributed by atoms with Crippen LogP contribution in [0.5, 0.6) is 0 Å². The van der Waals surface area contributed by atoms with Crippen LogP contribution in [0.2, 0.25) is 0 Å². The second-order valence-corrected chi connectivity index (χ2v) is 5.14. The predicted octanol–water partition coefficient (Wildman–Crippen LogP) is 2.22. The molecule has 17 heavy (non-hydrogen) atoms. The van der Waals surface area contributed by atoms with Gasteiger partial charge in [-0.1, -0.05) is 6.07 Å². The molecule has 5 heteroatoms. The summed E-state index contributed by atoms with van der Waals surface area (Å²) in [5.74, 6) is -1.32. The Morgan fingerprint density at radius 1 is 1.47 bits per heavy atom. The smallest absolute Gasteiger partial charge is 0.303 e. The van der Waals surface area contributed by atoms with Gasteiger partial charge in [0.25, 0.3) is 0 Å². The van der Waals surface area contributed by atoms with Crippen LogP contribution < -0.4 is 5.32 Å². The molecule has 1 amide bonds. The largest absolute Gasteiger partial charge is 0.481 e. The van der Waals surface area contributed by atoms with Crippen LogP contribution in [0.1, 0.15) is 37.5 Å². The van der Waals surface area contributed by atoms with E-state index >= 15 is 0 Å². The highest BCUT2D eigenvalue weighted by Gasteiger charge is 2.22. The van der Waals surface area contributed by atoms with Crippen LogP contribution in [-0.2, 0) is 9.59 Å². The molecule has 0 fully saturated rings. The minimum absolute atomic E-state index is 0.00802. The predicted molar refractivity (Wildman–Crippen MR) is 67.2 cm³/mol. The van der Waals surface area contributed by atoms with E-state index in [0.29, 0.717) is 6.42 Å². The Morgan fingerprint density at radius 2 is 2.18 bits per heavy atom. The first-order valence-electron chi connectivity index (χ1n) is 5.56. The lowest BCUT2D eigenvalue weighted by Crippen LogP contribution is -2.34. The standard InChI is InChI=1S/C12H17NO3S/c1-8(2)13-12(16)9(5-6-11(14)15)10-4-3-7-17-10/h3-4,7-9H,5-6H2,1-2H3,(H,13,16)(H,14,15). The number of thiophene rings is 1. The number of carboxylic acid groups (broad SMARTS) is 1. The van der Waals surface area contributed by atoms with E-state index in [1.807, 2.05) is 31.4 Å². The molecule has 0 saturated heterocycles. The van der Waals surface area contributed by atoms with Gasteiger partial charge in [-0.2, -0.15) is 0 Å². The molecule has 94 valence electrons. The Kier molecular flexibility index (Phi) is 5.15. The third-order valence-corrected chi connectivity index (χ3v) is 3.27. The highest BCUT2D eigenvalue weighted by molar-refractivity contribution is 7.10. The van der Waals surface area contributed by atoms with Gasteiger partial charge in [0.1, 0.15) is 0 Å². The van der Waals surface area contributed by atoms with Crippen LogP contribution in [0.25, 0.3) is 0 Å². The average Bonchev–Trinajstić information content (AvgIpc) is 2.69. The molecule has 1 aromatic heterocycles. The molecule has 1 heterocycles. The number of nitrogens with one attached hydrogen (secondary N) is 1. The van der Waals surface area contributed by atoms with Crippen LogP contribution >= 0.6 is 11.3 Å². The first kappa shape index (κ1) is 13.7.